The first kappa shape index (κ1) is 7.36. The van der Waals surface area contributed by atoms with E-state index in [-0.39, 0.29) is 0 Å². The van der Waals surface area contributed by atoms with E-state index in [1.165, 1.54) is 0 Å². The zero-order valence-electron chi connectivity index (χ0n) is 5.77. The van der Waals surface area contributed by atoms with Crippen molar-refractivity contribution < 1.29 is 4.74 Å². The summed E-state index contributed by atoms with van der Waals surface area (Å²) in [5.74, 6) is 0.598. The van der Waals surface area contributed by atoms with Crippen molar-refractivity contribution in [2.24, 2.45) is 5.92 Å². The highest BCUT2D eigenvalue weighted by Gasteiger charge is 2.21. The van der Waals surface area contributed by atoms with Gasteiger partial charge in [0.1, 0.15) is 0 Å². The molecule has 0 spiro atoms. The highest BCUT2D eigenvalue weighted by Crippen LogP contribution is 2.22. The molecule has 1 fully saturated rings. The highest BCUT2D eigenvalue weighted by atomic mass is 35.5. The number of alkyl halides is 1. The Morgan fingerprint density at radius 3 is 2.89 bits per heavy atom. The molecule has 1 aliphatic rings. The smallest absolute Gasteiger partial charge is 0.0508 e. The monoisotopic (exact) mass is 148 g/mol. The molecule has 54 valence electrons. The van der Waals surface area contributed by atoms with Crippen LogP contribution in [-0.2, 0) is 4.74 Å². The number of hydrogen-bond acceptors (Lipinski definition) is 1. The first-order valence-corrected chi connectivity index (χ1v) is 4.00. The predicted octanol–water partition coefficient (Wildman–Crippen LogP) is 2.04. The van der Waals surface area contributed by atoms with Crippen molar-refractivity contribution in [3.8, 4) is 0 Å². The minimum absolute atomic E-state index is 0.365. The van der Waals surface area contributed by atoms with Gasteiger partial charge in [0.25, 0.3) is 0 Å². The normalized spacial score (nSPS) is 36.7. The van der Waals surface area contributed by atoms with E-state index in [0.29, 0.717) is 11.3 Å². The Labute approximate surface area is 61.3 Å². The van der Waals surface area contributed by atoms with Crippen molar-refractivity contribution in [3.63, 3.8) is 0 Å². The highest BCUT2D eigenvalue weighted by molar-refractivity contribution is 6.20. The third-order valence-electron chi connectivity index (χ3n) is 1.91. The van der Waals surface area contributed by atoms with Crippen LogP contribution in [0.3, 0.4) is 0 Å². The van der Waals surface area contributed by atoms with E-state index < -0.39 is 0 Å². The van der Waals surface area contributed by atoms with Crippen LogP contribution in [0, 0.1) is 5.92 Å². The average molecular weight is 149 g/mol. The van der Waals surface area contributed by atoms with Crippen LogP contribution < -0.4 is 0 Å². The zero-order chi connectivity index (χ0) is 6.69. The maximum absolute atomic E-state index is 6.00. The van der Waals surface area contributed by atoms with Crippen molar-refractivity contribution >= 4 is 11.6 Å². The number of halogens is 1. The topological polar surface area (TPSA) is 9.23 Å². The Morgan fingerprint density at radius 1 is 1.67 bits per heavy atom. The lowest BCUT2D eigenvalue weighted by Crippen LogP contribution is -2.27. The molecule has 9 heavy (non-hydrogen) atoms. The van der Waals surface area contributed by atoms with Crippen molar-refractivity contribution in [1.29, 1.82) is 0 Å². The third-order valence-corrected chi connectivity index (χ3v) is 2.48. The molecule has 0 aliphatic carbocycles. The van der Waals surface area contributed by atoms with Crippen LogP contribution in [0.4, 0.5) is 0 Å². The van der Waals surface area contributed by atoms with Crippen LogP contribution in [0.5, 0.6) is 0 Å². The van der Waals surface area contributed by atoms with Crippen molar-refractivity contribution in [2.75, 3.05) is 13.2 Å². The van der Waals surface area contributed by atoms with Gasteiger partial charge in [-0.3, -0.25) is 0 Å². The Bertz CT molecular complexity index is 85.0. The van der Waals surface area contributed by atoms with Gasteiger partial charge in [-0.25, -0.2) is 0 Å². The van der Waals surface area contributed by atoms with Crippen LogP contribution in [-0.4, -0.2) is 18.6 Å². The van der Waals surface area contributed by atoms with Gasteiger partial charge in [0.2, 0.25) is 0 Å². The van der Waals surface area contributed by atoms with Gasteiger partial charge in [-0.2, -0.15) is 0 Å². The van der Waals surface area contributed by atoms with Crippen LogP contribution in [0.25, 0.3) is 0 Å². The van der Waals surface area contributed by atoms with E-state index in [1.807, 2.05) is 0 Å². The fourth-order valence-electron chi connectivity index (χ4n) is 1.14. The first-order valence-electron chi connectivity index (χ1n) is 3.56. The van der Waals surface area contributed by atoms with Crippen molar-refractivity contribution in [1.82, 2.24) is 0 Å². The molecule has 0 radical (unpaired) electrons. The maximum atomic E-state index is 6.00. The average Bonchev–Trinajstić information content (AvgIpc) is 1.89. The molecule has 0 unspecified atom stereocenters. The van der Waals surface area contributed by atoms with Crippen LogP contribution >= 0.6 is 11.6 Å². The summed E-state index contributed by atoms with van der Waals surface area (Å²) in [6.45, 7) is 3.88. The molecule has 1 saturated heterocycles. The standard InChI is InChI=1S/C7H13ClO/c1-2-6-5-9-4-3-7(6)8/h6-7H,2-5H2,1H3/t6-,7+/m1/s1. The fraction of sp³-hybridized carbons (Fsp3) is 1.00. The summed E-state index contributed by atoms with van der Waals surface area (Å²) in [6, 6.07) is 0. The molecule has 0 saturated carbocycles. The summed E-state index contributed by atoms with van der Waals surface area (Å²) in [5, 5.41) is 0.365. The number of hydrogen-bond donors (Lipinski definition) is 0. The number of ether oxygens (including phenoxy) is 1. The van der Waals surface area contributed by atoms with Gasteiger partial charge in [-0.15, -0.1) is 11.6 Å². The van der Waals surface area contributed by atoms with Gasteiger partial charge in [-0.05, 0) is 18.8 Å². The molecule has 2 atom stereocenters. The first-order chi connectivity index (χ1) is 4.34. The maximum Gasteiger partial charge on any atom is 0.0508 e. The summed E-state index contributed by atoms with van der Waals surface area (Å²) in [6.07, 6.45) is 2.17. The molecule has 0 amide bonds. The second-order valence-corrected chi connectivity index (χ2v) is 3.11. The van der Waals surface area contributed by atoms with E-state index in [0.717, 1.165) is 26.1 Å². The van der Waals surface area contributed by atoms with Crippen LogP contribution in [0.2, 0.25) is 0 Å². The van der Waals surface area contributed by atoms with Gasteiger partial charge < -0.3 is 4.74 Å². The van der Waals surface area contributed by atoms with Gasteiger partial charge in [0, 0.05) is 12.0 Å². The molecule has 1 nitrogen and oxygen atoms in total. The summed E-state index contributed by atoms with van der Waals surface area (Å²) < 4.78 is 5.26. The molecule has 1 rings (SSSR count). The molecular weight excluding hydrogens is 136 g/mol. The lowest BCUT2D eigenvalue weighted by atomic mass is 9.99. The second-order valence-electron chi connectivity index (χ2n) is 2.55. The Hall–Kier alpha value is 0.250. The van der Waals surface area contributed by atoms with Gasteiger partial charge in [0.05, 0.1) is 6.61 Å². The van der Waals surface area contributed by atoms with E-state index in [9.17, 15) is 0 Å². The molecule has 2 heteroatoms. The van der Waals surface area contributed by atoms with E-state index in [2.05, 4.69) is 6.92 Å². The summed E-state index contributed by atoms with van der Waals surface area (Å²) >= 11 is 6.00. The Kier molecular flexibility index (Phi) is 2.80. The second kappa shape index (κ2) is 3.43. The molecule has 0 bridgehead atoms. The van der Waals surface area contributed by atoms with Crippen molar-refractivity contribution in [3.05, 3.63) is 0 Å². The Balaban J connectivity index is 2.30. The van der Waals surface area contributed by atoms with Crippen LogP contribution in [0.15, 0.2) is 0 Å². The number of rotatable bonds is 1. The van der Waals surface area contributed by atoms with Gasteiger partial charge >= 0.3 is 0 Å². The largest absolute Gasteiger partial charge is 0.381 e. The van der Waals surface area contributed by atoms with Gasteiger partial charge in [0.15, 0.2) is 0 Å². The van der Waals surface area contributed by atoms with Crippen molar-refractivity contribution in [2.45, 2.75) is 25.1 Å². The zero-order valence-corrected chi connectivity index (χ0v) is 6.53. The fourth-order valence-corrected chi connectivity index (χ4v) is 1.48. The lowest BCUT2D eigenvalue weighted by molar-refractivity contribution is 0.0563. The molecule has 1 aliphatic heterocycles. The molecular formula is C7H13ClO. The quantitative estimate of drug-likeness (QED) is 0.518. The van der Waals surface area contributed by atoms with E-state index in [1.54, 1.807) is 0 Å². The summed E-state index contributed by atoms with van der Waals surface area (Å²) in [5.41, 5.74) is 0. The summed E-state index contributed by atoms with van der Waals surface area (Å²) in [7, 11) is 0. The molecule has 0 aromatic rings. The van der Waals surface area contributed by atoms with Gasteiger partial charge in [-0.1, -0.05) is 6.92 Å². The minimum Gasteiger partial charge on any atom is -0.381 e. The SMILES string of the molecule is CC[C@@H]1COCC[C@@H]1Cl. The third kappa shape index (κ3) is 1.84. The predicted molar refractivity (Wildman–Crippen MR) is 38.9 cm³/mol. The Morgan fingerprint density at radius 2 is 2.44 bits per heavy atom. The lowest BCUT2D eigenvalue weighted by Gasteiger charge is -2.25. The van der Waals surface area contributed by atoms with Crippen LogP contribution in [0.1, 0.15) is 19.8 Å². The molecule has 1 heterocycles. The minimum atomic E-state index is 0.365. The molecule has 0 aromatic carbocycles. The van der Waals surface area contributed by atoms with E-state index >= 15 is 0 Å². The van der Waals surface area contributed by atoms with E-state index in [4.69, 9.17) is 16.3 Å². The molecule has 0 N–H and O–H groups in total. The molecule has 0 aromatic heterocycles. The summed E-state index contributed by atoms with van der Waals surface area (Å²) in [4.78, 5) is 0.